The molecule has 0 fully saturated rings. The number of carbonyl (C=O) groups excluding carboxylic acids is 1. The second kappa shape index (κ2) is 10.6. The van der Waals surface area contributed by atoms with Gasteiger partial charge in [0.15, 0.2) is 17.2 Å². The first kappa shape index (κ1) is 24.7. The fourth-order valence-corrected chi connectivity index (χ4v) is 4.40. The van der Waals surface area contributed by atoms with Gasteiger partial charge in [0.2, 0.25) is 11.6 Å². The molecule has 4 aromatic rings. The van der Waals surface area contributed by atoms with Crippen molar-refractivity contribution in [2.24, 2.45) is 5.10 Å². The van der Waals surface area contributed by atoms with Crippen LogP contribution in [0, 0.1) is 0 Å². The van der Waals surface area contributed by atoms with Crippen molar-refractivity contribution >= 4 is 23.1 Å². The van der Waals surface area contributed by atoms with Gasteiger partial charge in [0, 0.05) is 17.8 Å². The van der Waals surface area contributed by atoms with Crippen LogP contribution in [-0.4, -0.2) is 57.7 Å². The number of nitrogen functional groups attached to an aromatic ring is 1. The summed E-state index contributed by atoms with van der Waals surface area (Å²) in [6, 6.07) is 13.5. The predicted octanol–water partition coefficient (Wildman–Crippen LogP) is 2.36. The smallest absolute Gasteiger partial charge is 0.293 e. The minimum Gasteiger partial charge on any atom is -0.493 e. The van der Waals surface area contributed by atoms with Crippen molar-refractivity contribution in [1.82, 2.24) is 30.7 Å². The molecule has 1 amide bonds. The van der Waals surface area contributed by atoms with Crippen LogP contribution in [-0.2, 0) is 13.0 Å². The number of amides is 1. The molecular weight excluding hydrogens is 490 g/mol. The van der Waals surface area contributed by atoms with E-state index in [1.807, 2.05) is 18.2 Å². The molecule has 5 rings (SSSR count). The van der Waals surface area contributed by atoms with Crippen LogP contribution >= 0.6 is 0 Å². The summed E-state index contributed by atoms with van der Waals surface area (Å²) in [6.45, 7) is 2.90. The van der Waals surface area contributed by atoms with Crippen LogP contribution in [0.1, 0.15) is 40.7 Å². The van der Waals surface area contributed by atoms with Gasteiger partial charge in [0.1, 0.15) is 0 Å². The van der Waals surface area contributed by atoms with Crippen molar-refractivity contribution in [3.63, 3.8) is 0 Å². The average Bonchev–Trinajstić information content (AvgIpc) is 3.56. The van der Waals surface area contributed by atoms with Gasteiger partial charge in [-0.15, -0.1) is 5.10 Å². The number of hydrogen-bond donors (Lipinski definition) is 2. The molecule has 1 aliphatic rings. The minimum atomic E-state index is -0.536. The quantitative estimate of drug-likeness (QED) is 0.262. The third-order valence-corrected chi connectivity index (χ3v) is 6.35. The number of benzene rings is 2. The lowest BCUT2D eigenvalue weighted by Gasteiger charge is -2.31. The highest BCUT2D eigenvalue weighted by atomic mass is 16.6. The molecule has 0 atom stereocenters. The zero-order valence-electron chi connectivity index (χ0n) is 21.2. The van der Waals surface area contributed by atoms with Gasteiger partial charge < -0.3 is 20.1 Å². The van der Waals surface area contributed by atoms with Gasteiger partial charge in [0.05, 0.1) is 32.2 Å². The Morgan fingerprint density at radius 2 is 1.97 bits per heavy atom. The summed E-state index contributed by atoms with van der Waals surface area (Å²) in [5.41, 5.74) is 12.7. The molecule has 13 nitrogen and oxygen atoms in total. The van der Waals surface area contributed by atoms with Gasteiger partial charge in [0.25, 0.3) is 5.91 Å². The van der Waals surface area contributed by atoms with Crippen molar-refractivity contribution in [3.8, 4) is 17.3 Å². The summed E-state index contributed by atoms with van der Waals surface area (Å²) in [5, 5.41) is 20.0. The zero-order valence-corrected chi connectivity index (χ0v) is 21.2. The number of nitrogens with two attached hydrogens (primary N) is 1. The van der Waals surface area contributed by atoms with E-state index in [0.717, 1.165) is 30.6 Å². The van der Waals surface area contributed by atoms with E-state index in [2.05, 4.69) is 48.2 Å². The number of methoxy groups -OCH3 is 2. The van der Waals surface area contributed by atoms with E-state index >= 15 is 0 Å². The molecular formula is C25H27N9O4. The fraction of sp³-hybridized carbons (Fsp3) is 0.280. The maximum absolute atomic E-state index is 13.3. The number of carbonyl (C=O) groups is 1. The molecule has 0 bridgehead atoms. The molecule has 0 saturated heterocycles. The van der Waals surface area contributed by atoms with Crippen LogP contribution in [0.5, 0.6) is 11.5 Å². The third-order valence-electron chi connectivity index (χ3n) is 6.35. The molecule has 3 N–H and O–H groups in total. The number of nitrogens with zero attached hydrogens (tertiary/aromatic N) is 7. The van der Waals surface area contributed by atoms with Gasteiger partial charge in [-0.3, -0.25) is 4.79 Å². The highest BCUT2D eigenvalue weighted by Gasteiger charge is 2.27. The Labute approximate surface area is 218 Å². The SMILES string of the molecule is COc1ccc(C(C)=NNC(=O)c2nnn(-c3nonc3N)c2CN2CCCc3ccccc32)cc1OC. The van der Waals surface area contributed by atoms with Crippen molar-refractivity contribution < 1.29 is 18.9 Å². The Kier molecular flexibility index (Phi) is 6.89. The fourth-order valence-electron chi connectivity index (χ4n) is 4.40. The molecule has 0 unspecified atom stereocenters. The topological polar surface area (TPSA) is 159 Å². The molecule has 3 heterocycles. The summed E-state index contributed by atoms with van der Waals surface area (Å²) < 4.78 is 16.8. The number of rotatable bonds is 8. The molecule has 2 aromatic carbocycles. The molecule has 38 heavy (non-hydrogen) atoms. The van der Waals surface area contributed by atoms with Crippen LogP contribution in [0.25, 0.3) is 5.82 Å². The predicted molar refractivity (Wildman–Crippen MR) is 139 cm³/mol. The maximum Gasteiger partial charge on any atom is 0.293 e. The maximum atomic E-state index is 13.3. The highest BCUT2D eigenvalue weighted by Crippen LogP contribution is 2.30. The van der Waals surface area contributed by atoms with Crippen molar-refractivity contribution in [1.29, 1.82) is 0 Å². The first-order valence-corrected chi connectivity index (χ1v) is 11.9. The molecule has 0 spiro atoms. The first-order valence-electron chi connectivity index (χ1n) is 11.9. The van der Waals surface area contributed by atoms with Gasteiger partial charge >= 0.3 is 0 Å². The number of ether oxygens (including phenoxy) is 2. The largest absolute Gasteiger partial charge is 0.493 e. The van der Waals surface area contributed by atoms with Gasteiger partial charge in [-0.1, -0.05) is 23.4 Å². The number of aryl methyl sites for hydroxylation is 1. The first-order chi connectivity index (χ1) is 18.5. The molecule has 1 aliphatic heterocycles. The van der Waals surface area contributed by atoms with Crippen LogP contribution in [0.15, 0.2) is 52.2 Å². The number of anilines is 2. The van der Waals surface area contributed by atoms with E-state index < -0.39 is 5.91 Å². The lowest BCUT2D eigenvalue weighted by Crippen LogP contribution is -2.31. The van der Waals surface area contributed by atoms with Gasteiger partial charge in [-0.25, -0.2) is 10.1 Å². The van der Waals surface area contributed by atoms with E-state index in [1.54, 1.807) is 33.3 Å². The van der Waals surface area contributed by atoms with E-state index in [-0.39, 0.29) is 17.3 Å². The van der Waals surface area contributed by atoms with Gasteiger partial charge in [-0.05, 0) is 59.9 Å². The second-order valence-corrected chi connectivity index (χ2v) is 8.63. The van der Waals surface area contributed by atoms with E-state index in [1.165, 1.54) is 10.2 Å². The standard InChI is InChI=1S/C25H27N9O4/c1-15(17-10-11-20(36-2)21(13-17)37-3)27-29-25(35)22-19(34(32-28-22)24-23(26)30-38-31-24)14-33-12-6-8-16-7-4-5-9-18(16)33/h4-5,7,9-11,13H,6,8,12,14H2,1-3H3,(H2,26,30)(H,29,35). The Hall–Kier alpha value is -4.94. The van der Waals surface area contributed by atoms with Crippen LogP contribution in [0.4, 0.5) is 11.5 Å². The summed E-state index contributed by atoms with van der Waals surface area (Å²) in [6.07, 6.45) is 1.96. The average molecular weight is 518 g/mol. The van der Waals surface area contributed by atoms with Crippen molar-refractivity contribution in [2.75, 3.05) is 31.4 Å². The molecule has 196 valence electrons. The Morgan fingerprint density at radius 3 is 2.74 bits per heavy atom. The van der Waals surface area contributed by atoms with E-state index in [0.29, 0.717) is 29.4 Å². The van der Waals surface area contributed by atoms with E-state index in [4.69, 9.17) is 19.8 Å². The van der Waals surface area contributed by atoms with Crippen molar-refractivity contribution in [3.05, 3.63) is 65.0 Å². The molecule has 0 radical (unpaired) electrons. The van der Waals surface area contributed by atoms with Crippen molar-refractivity contribution in [2.45, 2.75) is 26.3 Å². The van der Waals surface area contributed by atoms with Gasteiger partial charge in [-0.2, -0.15) is 9.78 Å². The Morgan fingerprint density at radius 1 is 1.16 bits per heavy atom. The van der Waals surface area contributed by atoms with E-state index in [9.17, 15) is 4.79 Å². The normalized spacial score (nSPS) is 13.2. The highest BCUT2D eigenvalue weighted by molar-refractivity contribution is 6.01. The Balaban J connectivity index is 1.45. The lowest BCUT2D eigenvalue weighted by molar-refractivity contribution is 0.0948. The number of hydrazone groups is 1. The Bertz CT molecular complexity index is 1490. The third kappa shape index (κ3) is 4.73. The second-order valence-electron chi connectivity index (χ2n) is 8.63. The number of aromatic nitrogens is 5. The van der Waals surface area contributed by atoms with Crippen LogP contribution in [0.3, 0.4) is 0 Å². The zero-order chi connectivity index (χ0) is 26.6. The molecule has 13 heteroatoms. The lowest BCUT2D eigenvalue weighted by atomic mass is 10.0. The summed E-state index contributed by atoms with van der Waals surface area (Å²) >= 11 is 0. The summed E-state index contributed by atoms with van der Waals surface area (Å²) in [7, 11) is 3.12. The number of hydrogen-bond acceptors (Lipinski definition) is 11. The molecule has 2 aromatic heterocycles. The number of fused-ring (bicyclic) bond motifs is 1. The summed E-state index contributed by atoms with van der Waals surface area (Å²) in [5.74, 6) is 0.796. The van der Waals surface area contributed by atoms with Crippen LogP contribution in [0.2, 0.25) is 0 Å². The monoisotopic (exact) mass is 517 g/mol. The molecule has 0 aliphatic carbocycles. The minimum absolute atomic E-state index is 0.0319. The van der Waals surface area contributed by atoms with Crippen LogP contribution < -0.4 is 25.5 Å². The molecule has 0 saturated carbocycles. The number of para-hydroxylation sites is 1. The number of nitrogens with one attached hydrogen (secondary N) is 1. The summed E-state index contributed by atoms with van der Waals surface area (Å²) in [4.78, 5) is 15.5.